The normalized spacial score (nSPS) is 14.0. The largest absolute Gasteiger partial charge is 0.504 e. The number of nitrogens with zero attached hydrogens (tertiary/aromatic N) is 3. The van der Waals surface area contributed by atoms with Crippen LogP contribution < -0.4 is 5.32 Å². The van der Waals surface area contributed by atoms with Crippen molar-refractivity contribution < 1.29 is 9.52 Å². The summed E-state index contributed by atoms with van der Waals surface area (Å²) in [6, 6.07) is 15.1. The van der Waals surface area contributed by atoms with Crippen LogP contribution in [0.1, 0.15) is 11.3 Å². The fraction of sp³-hybridized carbons (Fsp3) is 0. The second kappa shape index (κ2) is 6.10. The number of aromatic nitrogens is 2. The van der Waals surface area contributed by atoms with Gasteiger partial charge in [0.2, 0.25) is 5.88 Å². The lowest BCUT2D eigenvalue weighted by molar-refractivity contribution is 0.456. The lowest BCUT2D eigenvalue weighted by Gasteiger charge is -2.06. The molecule has 27 heavy (non-hydrogen) atoms. The first-order chi connectivity index (χ1) is 13.3. The molecular weight excluding hydrogens is 340 g/mol. The molecular formula is C21H14N4O2. The molecule has 0 amide bonds. The summed E-state index contributed by atoms with van der Waals surface area (Å²) in [4.78, 5) is 12.9. The second-order valence-corrected chi connectivity index (χ2v) is 6.10. The fourth-order valence-electron chi connectivity index (χ4n) is 3.08. The van der Waals surface area contributed by atoms with Crippen molar-refractivity contribution >= 4 is 46.2 Å². The number of benzene rings is 1. The van der Waals surface area contributed by atoms with Crippen molar-refractivity contribution in [1.29, 1.82) is 0 Å². The Bertz CT molecular complexity index is 1220. The van der Waals surface area contributed by atoms with Crippen LogP contribution in [-0.4, -0.2) is 21.3 Å². The van der Waals surface area contributed by atoms with Crippen LogP contribution in [0.4, 0.5) is 17.4 Å². The lowest BCUT2D eigenvalue weighted by Crippen LogP contribution is -1.91. The summed E-state index contributed by atoms with van der Waals surface area (Å²) in [6.07, 6.45) is 6.90. The van der Waals surface area contributed by atoms with E-state index in [1.165, 1.54) is 0 Å². The van der Waals surface area contributed by atoms with E-state index in [2.05, 4.69) is 20.3 Å². The smallest absolute Gasteiger partial charge is 0.201 e. The van der Waals surface area contributed by atoms with Gasteiger partial charge in [0.15, 0.2) is 17.3 Å². The van der Waals surface area contributed by atoms with Gasteiger partial charge >= 0.3 is 0 Å². The lowest BCUT2D eigenvalue weighted by atomic mass is 10.1. The maximum Gasteiger partial charge on any atom is 0.201 e. The van der Waals surface area contributed by atoms with Crippen LogP contribution in [0.2, 0.25) is 0 Å². The average molecular weight is 354 g/mol. The van der Waals surface area contributed by atoms with Crippen LogP contribution in [0, 0.1) is 0 Å². The number of aromatic hydroxyl groups is 1. The molecule has 6 nitrogen and oxygen atoms in total. The third-order valence-electron chi connectivity index (χ3n) is 4.34. The molecule has 1 aromatic carbocycles. The van der Waals surface area contributed by atoms with Crippen molar-refractivity contribution in [2.75, 3.05) is 5.32 Å². The molecule has 130 valence electrons. The van der Waals surface area contributed by atoms with Crippen molar-refractivity contribution in [3.8, 4) is 5.75 Å². The number of pyridine rings is 2. The number of allylic oxidation sites excluding steroid dienone is 1. The zero-order valence-corrected chi connectivity index (χ0v) is 14.1. The molecule has 0 unspecified atom stereocenters. The van der Waals surface area contributed by atoms with Crippen molar-refractivity contribution in [3.05, 3.63) is 72.2 Å². The predicted octanol–water partition coefficient (Wildman–Crippen LogP) is 4.93. The van der Waals surface area contributed by atoms with Gasteiger partial charge in [-0.05, 0) is 30.3 Å². The summed E-state index contributed by atoms with van der Waals surface area (Å²) in [6.45, 7) is 0. The van der Waals surface area contributed by atoms with Gasteiger partial charge in [0.25, 0.3) is 0 Å². The van der Waals surface area contributed by atoms with Gasteiger partial charge in [-0.2, -0.15) is 0 Å². The molecule has 0 radical (unpaired) electrons. The van der Waals surface area contributed by atoms with Gasteiger partial charge in [-0.15, -0.1) is 0 Å². The highest BCUT2D eigenvalue weighted by Gasteiger charge is 2.16. The fourth-order valence-corrected chi connectivity index (χ4v) is 3.08. The van der Waals surface area contributed by atoms with Gasteiger partial charge in [-0.3, -0.25) is 4.98 Å². The predicted molar refractivity (Wildman–Crippen MR) is 106 cm³/mol. The molecule has 0 spiro atoms. The Hall–Kier alpha value is -3.93. The number of hydrogen-bond donors (Lipinski definition) is 2. The molecule has 0 bridgehead atoms. The van der Waals surface area contributed by atoms with E-state index in [0.717, 1.165) is 27.7 Å². The van der Waals surface area contributed by atoms with E-state index in [-0.39, 0.29) is 5.75 Å². The molecule has 0 saturated carbocycles. The number of furan rings is 1. The number of rotatable bonds is 3. The van der Waals surface area contributed by atoms with E-state index in [1.807, 2.05) is 42.5 Å². The molecule has 0 fully saturated rings. The summed E-state index contributed by atoms with van der Waals surface area (Å²) >= 11 is 0. The highest BCUT2D eigenvalue weighted by atomic mass is 16.4. The minimum absolute atomic E-state index is 0.0453. The molecule has 6 heteroatoms. The standard InChI is InChI=1S/C21H14N4O2/c26-17-11-19(25-16-7-1-4-13-5-2-8-22-20(13)16)27-18(17)10-14-12-24-21-15(14)6-3-9-23-21/h1-12,25-26H. The Morgan fingerprint density at radius 2 is 1.85 bits per heavy atom. The number of nitrogens with one attached hydrogen (secondary N) is 1. The van der Waals surface area contributed by atoms with Gasteiger partial charge in [0.1, 0.15) is 0 Å². The minimum atomic E-state index is 0.0453. The summed E-state index contributed by atoms with van der Waals surface area (Å²) in [5, 5.41) is 14.5. The van der Waals surface area contributed by atoms with E-state index in [1.54, 1.807) is 30.8 Å². The maximum absolute atomic E-state index is 10.3. The number of fused-ring (bicyclic) bond motifs is 2. The van der Waals surface area contributed by atoms with Gasteiger partial charge in [-0.25, -0.2) is 9.98 Å². The Morgan fingerprint density at radius 1 is 1.00 bits per heavy atom. The van der Waals surface area contributed by atoms with E-state index < -0.39 is 0 Å². The molecule has 3 aromatic heterocycles. The SMILES string of the molecule is Oc1cc(Nc2cccc3cccnc23)oc1C=C1C=Nc2ncccc21. The first kappa shape index (κ1) is 15.3. The van der Waals surface area contributed by atoms with Crippen molar-refractivity contribution in [3.63, 3.8) is 0 Å². The van der Waals surface area contributed by atoms with Gasteiger partial charge in [0, 0.05) is 41.2 Å². The first-order valence-electron chi connectivity index (χ1n) is 8.43. The molecule has 0 saturated heterocycles. The van der Waals surface area contributed by atoms with Gasteiger partial charge in [-0.1, -0.05) is 18.2 Å². The van der Waals surface area contributed by atoms with Crippen LogP contribution in [0.3, 0.4) is 0 Å². The van der Waals surface area contributed by atoms with Gasteiger partial charge in [0.05, 0.1) is 11.2 Å². The molecule has 1 aliphatic heterocycles. The Kier molecular flexibility index (Phi) is 3.47. The van der Waals surface area contributed by atoms with E-state index >= 15 is 0 Å². The highest BCUT2D eigenvalue weighted by molar-refractivity contribution is 6.20. The molecule has 4 heterocycles. The topological polar surface area (TPSA) is 83.5 Å². The molecule has 2 N–H and O–H groups in total. The summed E-state index contributed by atoms with van der Waals surface area (Å²) in [5.41, 5.74) is 3.37. The monoisotopic (exact) mass is 354 g/mol. The van der Waals surface area contributed by atoms with E-state index in [9.17, 15) is 5.11 Å². The zero-order valence-electron chi connectivity index (χ0n) is 14.1. The van der Waals surface area contributed by atoms with Crippen LogP contribution in [0.15, 0.2) is 70.3 Å². The summed E-state index contributed by atoms with van der Waals surface area (Å²) < 4.78 is 5.80. The number of anilines is 2. The third kappa shape index (κ3) is 2.73. The summed E-state index contributed by atoms with van der Waals surface area (Å²) in [5.74, 6) is 1.49. The zero-order chi connectivity index (χ0) is 18.2. The molecule has 4 aromatic rings. The Labute approximate surface area is 154 Å². The third-order valence-corrected chi connectivity index (χ3v) is 4.34. The first-order valence-corrected chi connectivity index (χ1v) is 8.43. The Balaban J connectivity index is 1.49. The minimum Gasteiger partial charge on any atom is -0.504 e. The van der Waals surface area contributed by atoms with Crippen molar-refractivity contribution in [2.45, 2.75) is 0 Å². The van der Waals surface area contributed by atoms with Crippen molar-refractivity contribution in [2.24, 2.45) is 4.99 Å². The molecule has 0 aliphatic carbocycles. The quantitative estimate of drug-likeness (QED) is 0.545. The van der Waals surface area contributed by atoms with E-state index in [0.29, 0.717) is 17.5 Å². The molecule has 0 atom stereocenters. The van der Waals surface area contributed by atoms with Crippen LogP contribution in [0.5, 0.6) is 5.75 Å². The number of aliphatic imine (C=N–C) groups is 1. The van der Waals surface area contributed by atoms with Crippen LogP contribution in [-0.2, 0) is 0 Å². The Morgan fingerprint density at radius 3 is 2.81 bits per heavy atom. The van der Waals surface area contributed by atoms with E-state index in [4.69, 9.17) is 4.42 Å². The second-order valence-electron chi connectivity index (χ2n) is 6.10. The van der Waals surface area contributed by atoms with Crippen LogP contribution >= 0.6 is 0 Å². The molecule has 1 aliphatic rings. The van der Waals surface area contributed by atoms with Gasteiger partial charge < -0.3 is 14.8 Å². The molecule has 5 rings (SSSR count). The highest BCUT2D eigenvalue weighted by Crippen LogP contribution is 2.35. The van der Waals surface area contributed by atoms with Crippen LogP contribution in [0.25, 0.3) is 22.6 Å². The number of hydrogen-bond acceptors (Lipinski definition) is 6. The summed E-state index contributed by atoms with van der Waals surface area (Å²) in [7, 11) is 0. The number of para-hydroxylation sites is 1. The van der Waals surface area contributed by atoms with Crippen molar-refractivity contribution in [1.82, 2.24) is 9.97 Å². The average Bonchev–Trinajstić information content (AvgIpc) is 3.26. The maximum atomic E-state index is 10.3.